The third-order valence-electron chi connectivity index (χ3n) is 4.07. The molecular formula is C23H23FN3O3. The van der Waals surface area contributed by atoms with Gasteiger partial charge in [0.05, 0.1) is 19.6 Å². The van der Waals surface area contributed by atoms with Gasteiger partial charge in [-0.15, -0.1) is 0 Å². The summed E-state index contributed by atoms with van der Waals surface area (Å²) in [6, 6.07) is 15.5. The average Bonchev–Trinajstić information content (AvgIpc) is 2.74. The van der Waals surface area contributed by atoms with Gasteiger partial charge in [-0.05, 0) is 36.3 Å². The summed E-state index contributed by atoms with van der Waals surface area (Å²) in [4.78, 5) is 25.1. The lowest BCUT2D eigenvalue weighted by Crippen LogP contribution is -2.23. The summed E-state index contributed by atoms with van der Waals surface area (Å²) in [6.45, 7) is 1.78. The molecule has 0 spiro atoms. The molecule has 0 aliphatic carbocycles. The molecule has 2 amide bonds. The summed E-state index contributed by atoms with van der Waals surface area (Å²) in [5.41, 5.74) is 0.953. The maximum absolute atomic E-state index is 14.1. The van der Waals surface area contributed by atoms with Crippen molar-refractivity contribution in [3.05, 3.63) is 77.6 Å². The van der Waals surface area contributed by atoms with E-state index in [9.17, 15) is 14.0 Å². The van der Waals surface area contributed by atoms with Crippen LogP contribution < -0.4 is 10.1 Å². The number of halogens is 1. The first-order valence-corrected chi connectivity index (χ1v) is 9.31. The molecule has 6 nitrogen and oxygen atoms in total. The highest BCUT2D eigenvalue weighted by molar-refractivity contribution is 6.01. The minimum absolute atomic E-state index is 0.0555. The van der Waals surface area contributed by atoms with E-state index < -0.39 is 11.7 Å². The molecule has 0 aromatic heterocycles. The maximum atomic E-state index is 14.1. The minimum atomic E-state index is -0.588. The van der Waals surface area contributed by atoms with Gasteiger partial charge in [-0.25, -0.2) is 4.39 Å². The zero-order chi connectivity index (χ0) is 21.9. The lowest BCUT2D eigenvalue weighted by atomic mass is 10.1. The van der Waals surface area contributed by atoms with E-state index in [4.69, 9.17) is 10.00 Å². The number of amides is 2. The molecule has 1 radical (unpaired) electrons. The van der Waals surface area contributed by atoms with Crippen molar-refractivity contribution in [1.29, 1.82) is 5.26 Å². The van der Waals surface area contributed by atoms with Gasteiger partial charge in [-0.1, -0.05) is 30.3 Å². The molecule has 0 heterocycles. The first-order chi connectivity index (χ1) is 14.4. The zero-order valence-electron chi connectivity index (χ0n) is 16.9. The molecule has 155 valence electrons. The predicted octanol–water partition coefficient (Wildman–Crippen LogP) is 3.11. The number of benzene rings is 2. The number of nitriles is 1. The lowest BCUT2D eigenvalue weighted by Gasteiger charge is -2.10. The van der Waals surface area contributed by atoms with E-state index in [0.29, 0.717) is 12.2 Å². The van der Waals surface area contributed by atoms with Gasteiger partial charge >= 0.3 is 0 Å². The number of carbonyl (C=O) groups is 2. The van der Waals surface area contributed by atoms with Crippen molar-refractivity contribution >= 4 is 17.9 Å². The van der Waals surface area contributed by atoms with Crippen LogP contribution in [0.5, 0.6) is 5.75 Å². The summed E-state index contributed by atoms with van der Waals surface area (Å²) in [5, 5.41) is 11.8. The predicted molar refractivity (Wildman–Crippen MR) is 111 cm³/mol. The van der Waals surface area contributed by atoms with E-state index in [1.54, 1.807) is 12.6 Å². The summed E-state index contributed by atoms with van der Waals surface area (Å²) >= 11 is 0. The molecule has 7 heteroatoms. The molecule has 0 atom stereocenters. The fraction of sp³-hybridized carbons (Fsp3) is 0.217. The quantitative estimate of drug-likeness (QED) is 0.511. The maximum Gasteiger partial charge on any atom is 0.264 e. The Morgan fingerprint density at radius 1 is 1.20 bits per heavy atom. The van der Waals surface area contributed by atoms with Gasteiger partial charge in [-0.3, -0.25) is 9.59 Å². The molecule has 2 aromatic rings. The standard InChI is InChI=1S/C23H23FN3O3/c1-27(2)23(29)19(16-25)14-18-15-20(8-9-21(18)24)30-13-11-22(28)26-12-10-17-6-4-3-5-7-17/h3-9,12,14-15H,10-11,13H2,1-2H3,(H,26,28). The van der Waals surface area contributed by atoms with E-state index in [-0.39, 0.29) is 30.1 Å². The SMILES string of the molecule is CN(C)C(=O)C(C#N)=Cc1cc(OCCC(=O)N[CH]Cc2ccccc2)ccc1F. The molecule has 0 aliphatic heterocycles. The van der Waals surface area contributed by atoms with E-state index in [2.05, 4.69) is 5.32 Å². The van der Waals surface area contributed by atoms with Crippen molar-refractivity contribution in [2.24, 2.45) is 0 Å². The first kappa shape index (κ1) is 22.6. The summed E-state index contributed by atoms with van der Waals surface area (Å²) in [5.74, 6) is -0.976. The molecule has 0 unspecified atom stereocenters. The largest absolute Gasteiger partial charge is 0.493 e. The number of hydrogen-bond donors (Lipinski definition) is 1. The summed E-state index contributed by atoms with van der Waals surface area (Å²) in [7, 11) is 3.01. The first-order valence-electron chi connectivity index (χ1n) is 9.31. The average molecular weight is 408 g/mol. The van der Waals surface area contributed by atoms with Gasteiger partial charge in [0, 0.05) is 19.7 Å². The van der Waals surface area contributed by atoms with Gasteiger partial charge in [0.25, 0.3) is 5.91 Å². The Hall–Kier alpha value is -3.66. The van der Waals surface area contributed by atoms with Crippen LogP contribution in [0, 0.1) is 23.7 Å². The Labute approximate surface area is 175 Å². The summed E-state index contributed by atoms with van der Waals surface area (Å²) < 4.78 is 19.6. The van der Waals surface area contributed by atoms with E-state index >= 15 is 0 Å². The second-order valence-corrected chi connectivity index (χ2v) is 6.61. The Morgan fingerprint density at radius 3 is 2.60 bits per heavy atom. The van der Waals surface area contributed by atoms with E-state index in [0.717, 1.165) is 5.56 Å². The zero-order valence-corrected chi connectivity index (χ0v) is 16.9. The normalized spacial score (nSPS) is 10.8. The molecule has 0 aliphatic rings. The topological polar surface area (TPSA) is 82.4 Å². The number of likely N-dealkylation sites (N-methyl/N-ethyl adjacent to an activating group) is 1. The number of rotatable bonds is 9. The molecule has 2 aromatic carbocycles. The molecule has 30 heavy (non-hydrogen) atoms. The molecule has 2 rings (SSSR count). The van der Waals surface area contributed by atoms with Crippen LogP contribution in [0.1, 0.15) is 17.5 Å². The van der Waals surface area contributed by atoms with Crippen LogP contribution in [-0.2, 0) is 16.0 Å². The van der Waals surface area contributed by atoms with Crippen LogP contribution in [0.15, 0.2) is 54.1 Å². The van der Waals surface area contributed by atoms with Crippen molar-refractivity contribution in [3.8, 4) is 11.8 Å². The van der Waals surface area contributed by atoms with Crippen LogP contribution >= 0.6 is 0 Å². The third kappa shape index (κ3) is 7.06. The van der Waals surface area contributed by atoms with Gasteiger partial charge < -0.3 is 15.0 Å². The fourth-order valence-electron chi connectivity index (χ4n) is 2.49. The van der Waals surface area contributed by atoms with Crippen LogP contribution in [0.2, 0.25) is 0 Å². The number of carbonyl (C=O) groups excluding carboxylic acids is 2. The van der Waals surface area contributed by atoms with E-state index in [1.807, 2.05) is 30.3 Å². The number of nitrogens with zero attached hydrogens (tertiary/aromatic N) is 2. The van der Waals surface area contributed by atoms with E-state index in [1.165, 1.54) is 43.3 Å². The molecule has 0 bridgehead atoms. The Bertz CT molecular complexity index is 950. The molecule has 0 fully saturated rings. The van der Waals surface area contributed by atoms with Crippen molar-refractivity contribution in [3.63, 3.8) is 0 Å². The second kappa shape index (κ2) is 11.4. The van der Waals surface area contributed by atoms with Crippen LogP contribution in [0.4, 0.5) is 4.39 Å². The highest BCUT2D eigenvalue weighted by Crippen LogP contribution is 2.20. The molecule has 0 saturated carbocycles. The highest BCUT2D eigenvalue weighted by atomic mass is 19.1. The smallest absolute Gasteiger partial charge is 0.264 e. The van der Waals surface area contributed by atoms with Gasteiger partial charge in [0.1, 0.15) is 23.2 Å². The van der Waals surface area contributed by atoms with Gasteiger partial charge in [0.2, 0.25) is 5.91 Å². The lowest BCUT2D eigenvalue weighted by molar-refractivity contribution is -0.124. The highest BCUT2D eigenvalue weighted by Gasteiger charge is 2.13. The monoisotopic (exact) mass is 408 g/mol. The number of hydrogen-bond acceptors (Lipinski definition) is 4. The van der Waals surface area contributed by atoms with Crippen LogP contribution in [0.3, 0.4) is 0 Å². The van der Waals surface area contributed by atoms with Crippen molar-refractivity contribution in [2.45, 2.75) is 12.8 Å². The van der Waals surface area contributed by atoms with Crippen molar-refractivity contribution in [2.75, 3.05) is 20.7 Å². The Balaban J connectivity index is 1.87. The van der Waals surface area contributed by atoms with Gasteiger partial charge in [-0.2, -0.15) is 5.26 Å². The fourth-order valence-corrected chi connectivity index (χ4v) is 2.49. The number of nitrogens with one attached hydrogen (secondary N) is 1. The Kier molecular flexibility index (Phi) is 8.57. The van der Waals surface area contributed by atoms with Crippen molar-refractivity contribution < 1.29 is 18.7 Å². The minimum Gasteiger partial charge on any atom is -0.493 e. The third-order valence-corrected chi connectivity index (χ3v) is 4.07. The number of ether oxygens (including phenoxy) is 1. The van der Waals surface area contributed by atoms with Crippen molar-refractivity contribution in [1.82, 2.24) is 10.2 Å². The van der Waals surface area contributed by atoms with Crippen LogP contribution in [0.25, 0.3) is 6.08 Å². The van der Waals surface area contributed by atoms with Gasteiger partial charge in [0.15, 0.2) is 0 Å². The van der Waals surface area contributed by atoms with Crippen LogP contribution in [-0.4, -0.2) is 37.4 Å². The second-order valence-electron chi connectivity index (χ2n) is 6.61. The molecule has 0 saturated heterocycles. The summed E-state index contributed by atoms with van der Waals surface area (Å²) in [6.07, 6.45) is 1.92. The molecule has 1 N–H and O–H groups in total. The Morgan fingerprint density at radius 2 is 1.93 bits per heavy atom. The molecular weight excluding hydrogens is 385 g/mol.